The van der Waals surface area contributed by atoms with Gasteiger partial charge in [-0.15, -0.1) is 0 Å². The Morgan fingerprint density at radius 3 is 2.05 bits per heavy atom. The zero-order valence-corrected chi connectivity index (χ0v) is 15.5. The molecule has 0 aromatic carbocycles. The van der Waals surface area contributed by atoms with Crippen molar-refractivity contribution >= 4 is 28.9 Å². The molecule has 0 aliphatic heterocycles. The van der Waals surface area contributed by atoms with Crippen LogP contribution in [0.25, 0.3) is 0 Å². The quantitative estimate of drug-likeness (QED) is 0.472. The molecular weight excluding hydrogens is 295 g/mol. The van der Waals surface area contributed by atoms with Crippen molar-refractivity contribution in [1.29, 1.82) is 0 Å². The second kappa shape index (κ2) is 11.6. The van der Waals surface area contributed by atoms with Crippen LogP contribution in [0.1, 0.15) is 66.2 Å². The lowest BCUT2D eigenvalue weighted by molar-refractivity contribution is 0.240. The van der Waals surface area contributed by atoms with E-state index in [1.54, 1.807) is 0 Å². The highest BCUT2D eigenvalue weighted by Crippen LogP contribution is 2.57. The first kappa shape index (κ1) is 19.9. The van der Waals surface area contributed by atoms with Crippen molar-refractivity contribution in [1.82, 2.24) is 0 Å². The van der Waals surface area contributed by atoms with E-state index in [2.05, 4.69) is 27.7 Å². The summed E-state index contributed by atoms with van der Waals surface area (Å²) in [6.07, 6.45) is 6.99. The molecule has 2 nitrogen and oxygen atoms in total. The Bertz CT molecular complexity index is 240. The highest BCUT2D eigenvalue weighted by Gasteiger charge is 2.19. The van der Waals surface area contributed by atoms with Gasteiger partial charge in [0.15, 0.2) is 0 Å². The van der Waals surface area contributed by atoms with E-state index in [-0.39, 0.29) is 0 Å². The van der Waals surface area contributed by atoms with E-state index in [1.165, 1.54) is 24.2 Å². The summed E-state index contributed by atoms with van der Waals surface area (Å²) in [5.41, 5.74) is -2.62. The molecule has 0 heterocycles. The van der Waals surface area contributed by atoms with Crippen molar-refractivity contribution in [2.45, 2.75) is 66.2 Å². The predicted molar refractivity (Wildman–Crippen MR) is 92.3 cm³/mol. The van der Waals surface area contributed by atoms with E-state index >= 15 is 0 Å². The molecule has 0 aliphatic rings. The van der Waals surface area contributed by atoms with Gasteiger partial charge in [-0.1, -0.05) is 64.8 Å². The second-order valence-electron chi connectivity index (χ2n) is 5.19. The van der Waals surface area contributed by atoms with Crippen molar-refractivity contribution < 1.29 is 9.42 Å². The largest absolute Gasteiger partial charge is 0.337 e. The van der Waals surface area contributed by atoms with E-state index in [0.717, 1.165) is 31.4 Å². The molecule has 0 aromatic rings. The van der Waals surface area contributed by atoms with Gasteiger partial charge >= 0.3 is 0 Å². The van der Waals surface area contributed by atoms with Crippen molar-refractivity contribution in [3.8, 4) is 0 Å². The molecule has 0 amide bonds. The molecule has 0 saturated carbocycles. The Balaban J connectivity index is 4.05. The summed E-state index contributed by atoms with van der Waals surface area (Å²) in [6.45, 7) is 9.39. The van der Waals surface area contributed by atoms with Crippen LogP contribution in [0, 0.1) is 11.8 Å². The topological polar surface area (TPSA) is 29.5 Å². The molecule has 0 fully saturated rings. The first-order chi connectivity index (χ1) is 8.99. The minimum atomic E-state index is -2.62. The molecule has 0 bridgehead atoms. The van der Waals surface area contributed by atoms with Crippen LogP contribution in [0.4, 0.5) is 0 Å². The Morgan fingerprint density at radius 2 is 1.58 bits per heavy atom. The molecule has 5 heteroatoms. The van der Waals surface area contributed by atoms with Gasteiger partial charge in [-0.05, 0) is 36.5 Å². The first-order valence-corrected chi connectivity index (χ1v) is 11.9. The van der Waals surface area contributed by atoms with Crippen LogP contribution >= 0.6 is 17.1 Å². The van der Waals surface area contributed by atoms with E-state index in [4.69, 9.17) is 16.3 Å². The number of rotatable bonds is 12. The standard InChI is InChI=1S/C14H31O2PS2/c1-5-9-13(7-3)11-16-17(15,18)19-12-14(8-4)10-6-2/h13-14H,5-12H2,1-4H3,(H,15,18). The summed E-state index contributed by atoms with van der Waals surface area (Å²) in [5, 5.41) is 0. The number of hydrogen-bond acceptors (Lipinski definition) is 3. The van der Waals surface area contributed by atoms with Crippen molar-refractivity contribution in [3.05, 3.63) is 0 Å². The first-order valence-electron chi connectivity index (χ1n) is 7.60. The van der Waals surface area contributed by atoms with Gasteiger partial charge in [-0.2, -0.15) is 0 Å². The van der Waals surface area contributed by atoms with Crippen LogP contribution in [0.5, 0.6) is 0 Å². The highest BCUT2D eigenvalue weighted by molar-refractivity contribution is 8.67. The van der Waals surface area contributed by atoms with Crippen LogP contribution in [0.15, 0.2) is 0 Å². The molecule has 19 heavy (non-hydrogen) atoms. The maximum Gasteiger partial charge on any atom is 0.244 e. The fraction of sp³-hybridized carbons (Fsp3) is 1.00. The average molecular weight is 327 g/mol. The van der Waals surface area contributed by atoms with Gasteiger partial charge in [0, 0.05) is 5.75 Å². The van der Waals surface area contributed by atoms with E-state index in [0.29, 0.717) is 18.4 Å². The summed E-state index contributed by atoms with van der Waals surface area (Å²) >= 11 is 6.73. The van der Waals surface area contributed by atoms with Gasteiger partial charge in [-0.3, -0.25) is 0 Å². The highest BCUT2D eigenvalue weighted by atomic mass is 32.9. The van der Waals surface area contributed by atoms with Crippen molar-refractivity contribution in [2.24, 2.45) is 11.8 Å². The lowest BCUT2D eigenvalue weighted by atomic mass is 10.0. The fourth-order valence-electron chi connectivity index (χ4n) is 2.06. The molecular formula is C14H31O2PS2. The Labute approximate surface area is 129 Å². The summed E-state index contributed by atoms with van der Waals surface area (Å²) in [7, 11) is 0. The molecule has 0 aromatic heterocycles. The second-order valence-corrected chi connectivity index (χ2v) is 11.4. The van der Waals surface area contributed by atoms with Crippen LogP contribution in [-0.4, -0.2) is 17.3 Å². The van der Waals surface area contributed by atoms with Crippen LogP contribution < -0.4 is 0 Å². The normalized spacial score (nSPS) is 17.9. The molecule has 1 N–H and O–H groups in total. The Hall–Kier alpha value is 0.920. The zero-order chi connectivity index (χ0) is 14.7. The summed E-state index contributed by atoms with van der Waals surface area (Å²) in [6, 6.07) is 0. The Kier molecular flexibility index (Phi) is 12.1. The minimum absolute atomic E-state index is 0.540. The van der Waals surface area contributed by atoms with Crippen LogP contribution in [0.2, 0.25) is 0 Å². The maximum atomic E-state index is 10.2. The lowest BCUT2D eigenvalue weighted by Crippen LogP contribution is -2.07. The summed E-state index contributed by atoms with van der Waals surface area (Å²) in [4.78, 5) is 10.2. The molecule has 0 radical (unpaired) electrons. The third kappa shape index (κ3) is 10.3. The van der Waals surface area contributed by atoms with E-state index < -0.39 is 5.69 Å². The van der Waals surface area contributed by atoms with Crippen LogP contribution in [0.3, 0.4) is 0 Å². The van der Waals surface area contributed by atoms with Gasteiger partial charge in [0.05, 0.1) is 6.61 Å². The predicted octanol–water partition coefficient (Wildman–Crippen LogP) is 5.61. The molecule has 116 valence electrons. The SMILES string of the molecule is CCCC(CC)COP(O)(=S)SCC(CC)CCC. The zero-order valence-electron chi connectivity index (χ0n) is 12.9. The third-order valence-corrected chi connectivity index (χ3v) is 7.92. The monoisotopic (exact) mass is 326 g/mol. The number of hydrogen-bond donors (Lipinski definition) is 1. The van der Waals surface area contributed by atoms with Gasteiger partial charge in [0.25, 0.3) is 0 Å². The van der Waals surface area contributed by atoms with Gasteiger partial charge < -0.3 is 9.42 Å². The minimum Gasteiger partial charge on any atom is -0.337 e. The molecule has 0 saturated heterocycles. The molecule has 3 atom stereocenters. The fourth-order valence-corrected chi connectivity index (χ4v) is 5.67. The van der Waals surface area contributed by atoms with Gasteiger partial charge in [0.2, 0.25) is 5.69 Å². The van der Waals surface area contributed by atoms with E-state index in [1.807, 2.05) is 0 Å². The Morgan fingerprint density at radius 1 is 1.05 bits per heavy atom. The summed E-state index contributed by atoms with van der Waals surface area (Å²) < 4.78 is 5.65. The third-order valence-electron chi connectivity index (χ3n) is 3.50. The van der Waals surface area contributed by atoms with Crippen LogP contribution in [-0.2, 0) is 16.3 Å². The smallest absolute Gasteiger partial charge is 0.244 e. The van der Waals surface area contributed by atoms with Crippen molar-refractivity contribution in [3.63, 3.8) is 0 Å². The van der Waals surface area contributed by atoms with Gasteiger partial charge in [-0.25, -0.2) is 0 Å². The molecule has 0 spiro atoms. The molecule has 0 aliphatic carbocycles. The molecule has 3 unspecified atom stereocenters. The summed E-state index contributed by atoms with van der Waals surface area (Å²) in [5.74, 6) is 2.13. The van der Waals surface area contributed by atoms with Crippen molar-refractivity contribution in [2.75, 3.05) is 12.4 Å². The lowest BCUT2D eigenvalue weighted by Gasteiger charge is -2.21. The van der Waals surface area contributed by atoms with Gasteiger partial charge in [0.1, 0.15) is 0 Å². The maximum absolute atomic E-state index is 10.2. The average Bonchev–Trinajstić information content (AvgIpc) is 2.39. The molecule has 0 rings (SSSR count). The van der Waals surface area contributed by atoms with E-state index in [9.17, 15) is 4.89 Å².